The van der Waals surface area contributed by atoms with Crippen LogP contribution >= 0.6 is 0 Å². The number of carbonyl (C=O) groups is 1. The highest BCUT2D eigenvalue weighted by atomic mass is 16.2. The molecule has 2 rings (SSSR count). The smallest absolute Gasteiger partial charge is 0.261 e. The Hall–Kier alpha value is -2.36. The predicted octanol–water partition coefficient (Wildman–Crippen LogP) is 1.94. The van der Waals surface area contributed by atoms with Gasteiger partial charge < -0.3 is 10.3 Å². The van der Waals surface area contributed by atoms with Gasteiger partial charge in [0, 0.05) is 11.9 Å². The molecule has 0 fully saturated rings. The number of anilines is 1. The van der Waals surface area contributed by atoms with Crippen LogP contribution in [-0.4, -0.2) is 10.9 Å². The molecule has 0 spiro atoms. The molecule has 1 aromatic heterocycles. The van der Waals surface area contributed by atoms with Crippen LogP contribution in [0.5, 0.6) is 0 Å². The molecule has 2 N–H and O–H groups in total. The number of aryl methyl sites for hydroxylation is 1. The number of nitrogens with one attached hydrogen (secondary N) is 2. The van der Waals surface area contributed by atoms with E-state index in [2.05, 4.69) is 10.3 Å². The van der Waals surface area contributed by atoms with Gasteiger partial charge in [0.2, 0.25) is 0 Å². The molecule has 1 amide bonds. The first-order valence-electron chi connectivity index (χ1n) is 5.22. The van der Waals surface area contributed by atoms with Crippen LogP contribution in [0.3, 0.4) is 0 Å². The Kier molecular flexibility index (Phi) is 3.05. The molecule has 0 atom stereocenters. The van der Waals surface area contributed by atoms with Gasteiger partial charge in [-0.1, -0.05) is 17.7 Å². The zero-order chi connectivity index (χ0) is 12.3. The first-order chi connectivity index (χ1) is 8.16. The second-order valence-corrected chi connectivity index (χ2v) is 3.73. The van der Waals surface area contributed by atoms with E-state index in [9.17, 15) is 9.59 Å². The molecule has 0 saturated carbocycles. The van der Waals surface area contributed by atoms with Crippen LogP contribution < -0.4 is 10.9 Å². The molecule has 4 nitrogen and oxygen atoms in total. The summed E-state index contributed by atoms with van der Waals surface area (Å²) in [7, 11) is 0. The molecule has 0 aliphatic heterocycles. The minimum absolute atomic E-state index is 0.105. The van der Waals surface area contributed by atoms with Crippen molar-refractivity contribution in [2.75, 3.05) is 5.32 Å². The Bertz CT molecular complexity index is 585. The third-order valence-electron chi connectivity index (χ3n) is 2.37. The monoisotopic (exact) mass is 228 g/mol. The fourth-order valence-electron chi connectivity index (χ4n) is 1.44. The quantitative estimate of drug-likeness (QED) is 0.825. The van der Waals surface area contributed by atoms with Gasteiger partial charge in [-0.05, 0) is 31.2 Å². The van der Waals surface area contributed by atoms with E-state index in [1.54, 1.807) is 18.2 Å². The highest BCUT2D eigenvalue weighted by Gasteiger charge is 2.09. The maximum absolute atomic E-state index is 11.8. The fourth-order valence-corrected chi connectivity index (χ4v) is 1.44. The van der Waals surface area contributed by atoms with Crippen molar-refractivity contribution in [1.29, 1.82) is 0 Å². The van der Waals surface area contributed by atoms with Crippen molar-refractivity contribution in [2.45, 2.75) is 6.92 Å². The molecule has 1 heterocycles. The average molecular weight is 228 g/mol. The molecule has 86 valence electrons. The summed E-state index contributed by atoms with van der Waals surface area (Å²) in [6.45, 7) is 1.97. The van der Waals surface area contributed by atoms with Crippen molar-refractivity contribution in [3.8, 4) is 0 Å². The SMILES string of the molecule is Cc1ccc(NC(=O)c2ccc[nH]c2=O)cc1. The van der Waals surface area contributed by atoms with Gasteiger partial charge >= 0.3 is 0 Å². The van der Waals surface area contributed by atoms with Crippen LogP contribution in [0.2, 0.25) is 0 Å². The van der Waals surface area contributed by atoms with Gasteiger partial charge in [0.1, 0.15) is 5.56 Å². The van der Waals surface area contributed by atoms with Crippen LogP contribution in [0.4, 0.5) is 5.69 Å². The standard InChI is InChI=1S/C13H12N2O2/c1-9-4-6-10(7-5-9)15-13(17)11-3-2-8-14-12(11)16/h2-8H,1H3,(H,14,16)(H,15,17). The maximum Gasteiger partial charge on any atom is 0.261 e. The first kappa shape index (κ1) is 11.1. The van der Waals surface area contributed by atoms with E-state index in [1.165, 1.54) is 12.3 Å². The van der Waals surface area contributed by atoms with E-state index in [-0.39, 0.29) is 5.56 Å². The lowest BCUT2D eigenvalue weighted by Crippen LogP contribution is -2.22. The van der Waals surface area contributed by atoms with Crippen molar-refractivity contribution >= 4 is 11.6 Å². The minimum atomic E-state index is -0.407. The summed E-state index contributed by atoms with van der Waals surface area (Å²) < 4.78 is 0. The number of hydrogen-bond donors (Lipinski definition) is 2. The third kappa shape index (κ3) is 2.60. The molecule has 0 saturated heterocycles. The highest BCUT2D eigenvalue weighted by Crippen LogP contribution is 2.09. The predicted molar refractivity (Wildman–Crippen MR) is 66.2 cm³/mol. The lowest BCUT2D eigenvalue weighted by Gasteiger charge is -2.04. The van der Waals surface area contributed by atoms with Crippen molar-refractivity contribution in [3.63, 3.8) is 0 Å². The Balaban J connectivity index is 2.20. The van der Waals surface area contributed by atoms with Crippen molar-refractivity contribution in [2.24, 2.45) is 0 Å². The van der Waals surface area contributed by atoms with Gasteiger partial charge in [-0.2, -0.15) is 0 Å². The summed E-state index contributed by atoms with van der Waals surface area (Å²) in [6.07, 6.45) is 1.49. The van der Waals surface area contributed by atoms with Crippen molar-refractivity contribution in [1.82, 2.24) is 4.98 Å². The third-order valence-corrected chi connectivity index (χ3v) is 2.37. The highest BCUT2D eigenvalue weighted by molar-refractivity contribution is 6.03. The zero-order valence-electron chi connectivity index (χ0n) is 9.36. The molecule has 0 radical (unpaired) electrons. The summed E-state index contributed by atoms with van der Waals surface area (Å²) in [6, 6.07) is 10.5. The van der Waals surface area contributed by atoms with Crippen molar-refractivity contribution < 1.29 is 4.79 Å². The number of aromatic amines is 1. The zero-order valence-corrected chi connectivity index (χ0v) is 9.36. The number of aromatic nitrogens is 1. The first-order valence-corrected chi connectivity index (χ1v) is 5.22. The number of pyridine rings is 1. The maximum atomic E-state index is 11.8. The van der Waals surface area contributed by atoms with E-state index in [0.29, 0.717) is 5.69 Å². The largest absolute Gasteiger partial charge is 0.328 e. The van der Waals surface area contributed by atoms with E-state index in [4.69, 9.17) is 0 Å². The summed E-state index contributed by atoms with van der Waals surface area (Å²) in [5.74, 6) is -0.407. The second kappa shape index (κ2) is 4.65. The molecule has 0 unspecified atom stereocenters. The van der Waals surface area contributed by atoms with E-state index in [0.717, 1.165) is 5.56 Å². The van der Waals surface area contributed by atoms with Gasteiger partial charge in [-0.25, -0.2) is 0 Å². The van der Waals surface area contributed by atoms with Gasteiger partial charge in [0.05, 0.1) is 0 Å². The summed E-state index contributed by atoms with van der Waals surface area (Å²) >= 11 is 0. The molecule has 17 heavy (non-hydrogen) atoms. The Morgan fingerprint density at radius 3 is 2.53 bits per heavy atom. The van der Waals surface area contributed by atoms with Gasteiger partial charge in [-0.15, -0.1) is 0 Å². The van der Waals surface area contributed by atoms with Gasteiger partial charge in [-0.3, -0.25) is 9.59 Å². The lowest BCUT2D eigenvalue weighted by atomic mass is 10.2. The molecule has 2 aromatic rings. The fraction of sp³-hybridized carbons (Fsp3) is 0.0769. The Morgan fingerprint density at radius 1 is 1.18 bits per heavy atom. The number of carbonyl (C=O) groups excluding carboxylic acids is 1. The normalized spacial score (nSPS) is 9.94. The molecule has 0 aliphatic rings. The number of hydrogen-bond acceptors (Lipinski definition) is 2. The summed E-state index contributed by atoms with van der Waals surface area (Å²) in [4.78, 5) is 25.6. The van der Waals surface area contributed by atoms with E-state index < -0.39 is 11.5 Å². The number of benzene rings is 1. The second-order valence-electron chi connectivity index (χ2n) is 3.73. The van der Waals surface area contributed by atoms with E-state index >= 15 is 0 Å². The molecular weight excluding hydrogens is 216 g/mol. The molecule has 0 bridgehead atoms. The molecule has 0 aliphatic carbocycles. The van der Waals surface area contributed by atoms with E-state index in [1.807, 2.05) is 19.1 Å². The molecule has 1 aromatic carbocycles. The summed E-state index contributed by atoms with van der Waals surface area (Å²) in [5.41, 5.74) is 1.49. The van der Waals surface area contributed by atoms with Crippen LogP contribution in [0.25, 0.3) is 0 Å². The van der Waals surface area contributed by atoms with Crippen LogP contribution in [0.15, 0.2) is 47.4 Å². The number of H-pyrrole nitrogens is 1. The number of amides is 1. The summed E-state index contributed by atoms with van der Waals surface area (Å²) in [5, 5.41) is 2.67. The number of rotatable bonds is 2. The van der Waals surface area contributed by atoms with Gasteiger partial charge in [0.15, 0.2) is 0 Å². The van der Waals surface area contributed by atoms with Crippen LogP contribution in [0, 0.1) is 6.92 Å². The topological polar surface area (TPSA) is 62.0 Å². The Morgan fingerprint density at radius 2 is 1.88 bits per heavy atom. The van der Waals surface area contributed by atoms with Crippen LogP contribution in [-0.2, 0) is 0 Å². The lowest BCUT2D eigenvalue weighted by molar-refractivity contribution is 0.102. The molecular formula is C13H12N2O2. The average Bonchev–Trinajstić information content (AvgIpc) is 2.32. The van der Waals surface area contributed by atoms with Crippen LogP contribution in [0.1, 0.15) is 15.9 Å². The van der Waals surface area contributed by atoms with Gasteiger partial charge in [0.25, 0.3) is 11.5 Å². The van der Waals surface area contributed by atoms with Crippen molar-refractivity contribution in [3.05, 3.63) is 64.1 Å². The molecule has 4 heteroatoms. The minimum Gasteiger partial charge on any atom is -0.328 e. The Labute approximate surface area is 98.3 Å².